The van der Waals surface area contributed by atoms with E-state index in [1.165, 1.54) is 24.4 Å². The summed E-state index contributed by atoms with van der Waals surface area (Å²) in [6.07, 6.45) is -9.47. The van der Waals surface area contributed by atoms with Gasteiger partial charge in [-0.2, -0.15) is 8.68 Å². The van der Waals surface area contributed by atoms with Gasteiger partial charge in [0, 0.05) is 76.4 Å². The molecule has 6 unspecified atom stereocenters. The largest absolute Gasteiger partial charge is 0.470 e. The Morgan fingerprint density at radius 2 is 1.37 bits per heavy atom. The maximum Gasteiger partial charge on any atom is 0.347 e. The van der Waals surface area contributed by atoms with E-state index in [9.17, 15) is 50.4 Å². The third kappa shape index (κ3) is 19.1. The molecular formula is C45H69N7O20S4. The maximum atomic E-state index is 13.4. The molecule has 7 atom stereocenters. The van der Waals surface area contributed by atoms with Crippen LogP contribution < -0.4 is 25.0 Å². The summed E-state index contributed by atoms with van der Waals surface area (Å²) >= 11 is 1.48. The minimum Gasteiger partial charge on any atom is -0.470 e. The van der Waals surface area contributed by atoms with Crippen LogP contribution in [0.5, 0.6) is 5.88 Å². The summed E-state index contributed by atoms with van der Waals surface area (Å²) < 4.78 is 112. The van der Waals surface area contributed by atoms with E-state index in [0.717, 1.165) is 39.4 Å². The second-order valence-electron chi connectivity index (χ2n) is 18.5. The van der Waals surface area contributed by atoms with Crippen LogP contribution in [0.1, 0.15) is 99.6 Å². The molecule has 1 amide bonds. The van der Waals surface area contributed by atoms with Gasteiger partial charge in [-0.25, -0.2) is 45.5 Å². The second kappa shape index (κ2) is 29.0. The van der Waals surface area contributed by atoms with E-state index in [0.29, 0.717) is 63.0 Å². The zero-order valence-corrected chi connectivity index (χ0v) is 47.4. The summed E-state index contributed by atoms with van der Waals surface area (Å²) in [4.78, 5) is 91.4. The van der Waals surface area contributed by atoms with Crippen molar-refractivity contribution in [3.05, 3.63) is 11.6 Å². The minimum atomic E-state index is -4.52. The molecule has 3 N–H and O–H groups in total. The Balaban J connectivity index is 1.17. The average Bonchev–Trinajstić information content (AvgIpc) is 4.03. The Labute approximate surface area is 450 Å². The van der Waals surface area contributed by atoms with Crippen LogP contribution in [0.15, 0.2) is 14.5 Å². The number of rotatable bonds is 29. The molecule has 2 aliphatic rings. The van der Waals surface area contributed by atoms with Crippen LogP contribution in [0.25, 0.3) is 0 Å². The zero-order valence-electron chi connectivity index (χ0n) is 44.1. The summed E-state index contributed by atoms with van der Waals surface area (Å²) in [5, 5.41) is 6.41. The summed E-state index contributed by atoms with van der Waals surface area (Å²) in [5.74, 6) is -6.82. The highest BCUT2D eigenvalue weighted by molar-refractivity contribution is 7.94. The Morgan fingerprint density at radius 3 is 1.91 bits per heavy atom. The lowest BCUT2D eigenvalue weighted by atomic mass is 10.1. The number of amides is 1. The van der Waals surface area contributed by atoms with Crippen LogP contribution in [0.2, 0.25) is 0 Å². The van der Waals surface area contributed by atoms with Gasteiger partial charge >= 0.3 is 35.8 Å². The van der Waals surface area contributed by atoms with Gasteiger partial charge in [0.05, 0.1) is 24.9 Å². The van der Waals surface area contributed by atoms with Crippen LogP contribution in [0.3, 0.4) is 0 Å². The molecule has 428 valence electrons. The normalized spacial score (nSPS) is 18.1. The van der Waals surface area contributed by atoms with Crippen molar-refractivity contribution in [2.75, 3.05) is 77.7 Å². The van der Waals surface area contributed by atoms with E-state index in [2.05, 4.69) is 19.4 Å². The topological polar surface area (TPSA) is 339 Å². The van der Waals surface area contributed by atoms with Gasteiger partial charge in [-0.15, -0.1) is 15.7 Å². The summed E-state index contributed by atoms with van der Waals surface area (Å²) in [6, 6.07) is 0.719. The molecule has 0 radical (unpaired) electrons. The van der Waals surface area contributed by atoms with Crippen LogP contribution in [-0.2, 0) is 91.5 Å². The van der Waals surface area contributed by atoms with Crippen molar-refractivity contribution >= 4 is 90.7 Å². The molecule has 27 nitrogen and oxygen atoms in total. The molecule has 4 rings (SSSR count). The van der Waals surface area contributed by atoms with Gasteiger partial charge in [0.2, 0.25) is 11.7 Å². The van der Waals surface area contributed by atoms with Crippen molar-refractivity contribution in [1.29, 1.82) is 0 Å². The molecule has 1 fully saturated rings. The van der Waals surface area contributed by atoms with Crippen LogP contribution in [-0.4, -0.2) is 187 Å². The van der Waals surface area contributed by atoms with E-state index in [1.807, 2.05) is 37.3 Å². The number of fused-ring (bicyclic) bond motifs is 1. The van der Waals surface area contributed by atoms with Crippen molar-refractivity contribution < 1.29 is 93.0 Å². The van der Waals surface area contributed by atoms with Crippen molar-refractivity contribution in [1.82, 2.24) is 28.4 Å². The number of aromatic nitrogens is 2. The smallest absolute Gasteiger partial charge is 0.347 e. The summed E-state index contributed by atoms with van der Waals surface area (Å²) in [6.45, 7) is 16.6. The number of hydrogen-bond donors (Lipinski definition) is 3. The fourth-order valence-electron chi connectivity index (χ4n) is 6.92. The first-order chi connectivity index (χ1) is 35.7. The highest BCUT2D eigenvalue weighted by Crippen LogP contribution is 2.40. The highest BCUT2D eigenvalue weighted by Gasteiger charge is 2.41. The highest BCUT2D eigenvalue weighted by atomic mass is 32.3. The van der Waals surface area contributed by atoms with Gasteiger partial charge in [0.1, 0.15) is 21.1 Å². The van der Waals surface area contributed by atoms with Crippen LogP contribution in [0.4, 0.5) is 5.82 Å². The van der Waals surface area contributed by atoms with E-state index >= 15 is 0 Å². The summed E-state index contributed by atoms with van der Waals surface area (Å²) in [5.41, 5.74) is -0.0975. The predicted molar refractivity (Wildman–Crippen MR) is 269 cm³/mol. The number of morpholine rings is 1. The van der Waals surface area contributed by atoms with Gasteiger partial charge in [-0.05, 0) is 80.8 Å². The van der Waals surface area contributed by atoms with Gasteiger partial charge in [-0.3, -0.25) is 9.59 Å². The number of sulfonamides is 2. The van der Waals surface area contributed by atoms with Crippen molar-refractivity contribution in [3.63, 3.8) is 0 Å². The Morgan fingerprint density at radius 1 is 0.816 bits per heavy atom. The molecular weight excluding hydrogens is 1090 g/mol. The lowest BCUT2D eigenvalue weighted by molar-refractivity contribution is -0.187. The van der Waals surface area contributed by atoms with E-state index in [1.54, 1.807) is 0 Å². The first-order valence-electron chi connectivity index (χ1n) is 24.3. The third-order valence-electron chi connectivity index (χ3n) is 11.0. The van der Waals surface area contributed by atoms with Gasteiger partial charge in [0.15, 0.2) is 30.5 Å². The molecule has 2 aliphatic heterocycles. The monoisotopic (exact) mass is 1160 g/mol. The van der Waals surface area contributed by atoms with Crippen molar-refractivity contribution in [2.24, 2.45) is 0 Å². The minimum absolute atomic E-state index is 0.0696. The number of esters is 6. The molecule has 2 aromatic heterocycles. The molecule has 1 saturated heterocycles. The number of carbonyl (C=O) groups is 7. The molecule has 0 bridgehead atoms. The Hall–Kier alpha value is -5.15. The number of hydrogen-bond acceptors (Lipinski definition) is 27. The van der Waals surface area contributed by atoms with Crippen LogP contribution in [0, 0.1) is 0 Å². The van der Waals surface area contributed by atoms with Gasteiger partial charge in [0.25, 0.3) is 25.9 Å². The number of ether oxygens (including phenoxy) is 9. The predicted octanol–water partition coefficient (Wildman–Crippen LogP) is 1.14. The quantitative estimate of drug-likeness (QED) is 0.0584. The number of anilines is 1. The van der Waals surface area contributed by atoms with E-state index in [4.69, 9.17) is 42.6 Å². The fourth-order valence-corrected chi connectivity index (χ4v) is 12.3. The first-order valence-corrected chi connectivity index (χ1v) is 28.8. The average molecular weight is 1160 g/mol. The molecule has 0 spiro atoms. The zero-order chi connectivity index (χ0) is 56.5. The van der Waals surface area contributed by atoms with Crippen molar-refractivity contribution in [2.45, 2.75) is 145 Å². The molecule has 2 aromatic rings. The van der Waals surface area contributed by atoms with Gasteiger partial charge < -0.3 is 58.2 Å². The molecule has 76 heavy (non-hydrogen) atoms. The van der Waals surface area contributed by atoms with Crippen molar-refractivity contribution in [3.8, 4) is 5.88 Å². The molecule has 0 aliphatic carbocycles. The molecule has 0 saturated carbocycles. The number of carbonyl (C=O) groups excluding carboxylic acids is 7. The van der Waals surface area contributed by atoms with Gasteiger partial charge in [-0.1, -0.05) is 6.92 Å². The molecule has 0 aromatic carbocycles. The molecule has 4 heterocycles. The van der Waals surface area contributed by atoms with E-state index in [-0.39, 0.29) is 53.9 Å². The Bertz CT molecular complexity index is 2550. The lowest BCUT2D eigenvalue weighted by Gasteiger charge is -2.32. The first kappa shape index (κ1) is 63.4. The standard InChI is InChI=1S/C45H69N7O20S4/c1-11-46-33-24-52(16-13-19-64-10)76(62,63)44-32(33)22-36(73-44)75(60,61)50-34(53)14-12-15-35(54)67-26(2)39(55)68-27(3)40(56)69-28(4)41(57)70-29(5)42(58)71-30(6)43(59)72-31(23-47-45(7,8)9)25-66-38-37(48-74-49-38)51-17-20-65-21-18-51/h22,26-31,33,46-47H,11-21,23-25H2,1-10H3,(H,50,53)/t26?,27?,28?,29?,30?,31?,33-/m1/s1. The maximum absolute atomic E-state index is 13.4. The third-order valence-corrected chi connectivity index (χ3v) is 16.9. The SMILES string of the molecule is CCN[C@@H]1CN(CCCOC)S(=O)(=O)c2sc(S(=O)(=O)NC(=O)CCCC(=O)OC(C)C(=O)OC(C)C(=O)OC(C)C(=O)OC(C)C(=O)OC(C)C(=O)OC(CNC(C)(C)C)COc3nsnc3N3CCOCC3)cc21. The van der Waals surface area contributed by atoms with Crippen LogP contribution >= 0.6 is 23.1 Å². The molecule has 31 heteroatoms. The number of likely N-dealkylation sites (N-methyl/N-ethyl adjacent to an activating group) is 1. The lowest BCUT2D eigenvalue weighted by Crippen LogP contribution is -2.45. The summed E-state index contributed by atoms with van der Waals surface area (Å²) in [7, 11) is -7.07. The number of nitrogens with one attached hydrogen (secondary N) is 3. The number of thiophene rings is 1. The second-order valence-corrected chi connectivity index (χ2v) is 24.1. The van der Waals surface area contributed by atoms with E-state index < -0.39 is 121 Å². The number of nitrogens with zero attached hydrogens (tertiary/aromatic N) is 4. The Kier molecular flexibility index (Phi) is 24.2. The fraction of sp³-hybridized carbons (Fsp3) is 0.711. The number of methoxy groups -OCH3 is 1.